The highest BCUT2D eigenvalue weighted by Crippen LogP contribution is 2.23. The van der Waals surface area contributed by atoms with Gasteiger partial charge in [0.05, 0.1) is 16.3 Å². The number of azo groups is 1. The van der Waals surface area contributed by atoms with Crippen LogP contribution in [0, 0.1) is 5.92 Å². The van der Waals surface area contributed by atoms with Gasteiger partial charge in [0.15, 0.2) is 5.78 Å². The molecule has 1 aliphatic rings. The summed E-state index contributed by atoms with van der Waals surface area (Å²) in [5.74, 6) is -0.158. The molecule has 8 nitrogen and oxygen atoms in total. The molecule has 27 heavy (non-hydrogen) atoms. The van der Waals surface area contributed by atoms with E-state index in [1.807, 2.05) is 0 Å². The SMILES string of the molecule is CC1C=C(N=Nc2ccc(S(=O)(=O)Nc3ccccn3)cc2)C(N)=CC1=O. The Bertz CT molecular complexity index is 1040. The van der Waals surface area contributed by atoms with Crippen molar-refractivity contribution in [3.63, 3.8) is 0 Å². The molecule has 9 heteroatoms. The number of hydrogen-bond acceptors (Lipinski definition) is 7. The Kier molecular flexibility index (Phi) is 5.13. The Balaban J connectivity index is 1.75. The minimum Gasteiger partial charge on any atom is -0.397 e. The fourth-order valence-electron chi connectivity index (χ4n) is 2.29. The molecule has 0 bridgehead atoms. The third-order valence-corrected chi connectivity index (χ3v) is 5.14. The Hall–Kier alpha value is -3.33. The summed E-state index contributed by atoms with van der Waals surface area (Å²) in [6, 6.07) is 10.8. The molecule has 0 amide bonds. The number of nitrogens with one attached hydrogen (secondary N) is 1. The van der Waals surface area contributed by atoms with Gasteiger partial charge in [0.2, 0.25) is 0 Å². The number of carbonyl (C=O) groups is 1. The number of rotatable bonds is 5. The second-order valence-corrected chi connectivity index (χ2v) is 7.54. The first kappa shape index (κ1) is 18.5. The maximum absolute atomic E-state index is 12.4. The molecule has 2 aromatic rings. The highest BCUT2D eigenvalue weighted by Gasteiger charge is 2.17. The van der Waals surface area contributed by atoms with E-state index in [4.69, 9.17) is 5.73 Å². The minimum absolute atomic E-state index is 0.0719. The van der Waals surface area contributed by atoms with Gasteiger partial charge >= 0.3 is 0 Å². The lowest BCUT2D eigenvalue weighted by Gasteiger charge is -2.11. The van der Waals surface area contributed by atoms with Crippen molar-refractivity contribution >= 4 is 27.3 Å². The fraction of sp³-hybridized carbons (Fsp3) is 0.111. The number of pyridine rings is 1. The molecule has 1 atom stereocenters. The van der Waals surface area contributed by atoms with E-state index in [1.54, 1.807) is 31.2 Å². The first-order valence-corrected chi connectivity index (χ1v) is 9.52. The number of hydrogen-bond donors (Lipinski definition) is 2. The van der Waals surface area contributed by atoms with Crippen LogP contribution in [0.5, 0.6) is 0 Å². The number of ketones is 1. The molecular weight excluding hydrogens is 366 g/mol. The molecule has 0 aliphatic heterocycles. The van der Waals surface area contributed by atoms with Crippen molar-refractivity contribution in [2.75, 3.05) is 4.72 Å². The number of nitrogens with zero attached hydrogens (tertiary/aromatic N) is 3. The van der Waals surface area contributed by atoms with Gasteiger partial charge in [-0.3, -0.25) is 9.52 Å². The number of anilines is 1. The Labute approximate surface area is 156 Å². The van der Waals surface area contributed by atoms with Crippen molar-refractivity contribution in [1.29, 1.82) is 0 Å². The maximum Gasteiger partial charge on any atom is 0.263 e. The molecule has 3 N–H and O–H groups in total. The topological polar surface area (TPSA) is 127 Å². The van der Waals surface area contributed by atoms with Crippen molar-refractivity contribution in [1.82, 2.24) is 4.98 Å². The van der Waals surface area contributed by atoms with Crippen LogP contribution in [-0.2, 0) is 14.8 Å². The number of nitrogens with two attached hydrogens (primary N) is 1. The Morgan fingerprint density at radius 2 is 1.85 bits per heavy atom. The molecule has 0 saturated heterocycles. The van der Waals surface area contributed by atoms with Crippen LogP contribution in [0.15, 0.2) is 87.3 Å². The summed E-state index contributed by atoms with van der Waals surface area (Å²) < 4.78 is 27.1. The Morgan fingerprint density at radius 3 is 2.52 bits per heavy atom. The maximum atomic E-state index is 12.4. The van der Waals surface area contributed by atoms with Gasteiger partial charge in [0.1, 0.15) is 11.5 Å². The van der Waals surface area contributed by atoms with E-state index in [0.29, 0.717) is 11.4 Å². The van der Waals surface area contributed by atoms with Crippen LogP contribution in [0.25, 0.3) is 0 Å². The van der Waals surface area contributed by atoms with Crippen LogP contribution >= 0.6 is 0 Å². The molecule has 0 saturated carbocycles. The molecule has 1 unspecified atom stereocenters. The van der Waals surface area contributed by atoms with Crippen molar-refractivity contribution in [3.05, 3.63) is 72.2 Å². The smallest absolute Gasteiger partial charge is 0.263 e. The zero-order valence-electron chi connectivity index (χ0n) is 14.4. The largest absolute Gasteiger partial charge is 0.397 e. The molecular formula is C18H17N5O3S. The van der Waals surface area contributed by atoms with E-state index in [1.165, 1.54) is 36.5 Å². The first-order chi connectivity index (χ1) is 12.8. The average molecular weight is 383 g/mol. The van der Waals surface area contributed by atoms with Crippen molar-refractivity contribution < 1.29 is 13.2 Å². The summed E-state index contributed by atoms with van der Waals surface area (Å²) in [4.78, 5) is 15.6. The first-order valence-electron chi connectivity index (χ1n) is 8.04. The molecule has 1 aromatic heterocycles. The van der Waals surface area contributed by atoms with Crippen molar-refractivity contribution in [2.24, 2.45) is 21.9 Å². The lowest BCUT2D eigenvalue weighted by Crippen LogP contribution is -2.15. The predicted molar refractivity (Wildman–Crippen MR) is 101 cm³/mol. The van der Waals surface area contributed by atoms with E-state index in [9.17, 15) is 13.2 Å². The third kappa shape index (κ3) is 4.45. The van der Waals surface area contributed by atoms with Gasteiger partial charge in [0, 0.05) is 18.2 Å². The van der Waals surface area contributed by atoms with Gasteiger partial charge in [-0.1, -0.05) is 13.0 Å². The summed E-state index contributed by atoms with van der Waals surface area (Å²) in [6.45, 7) is 1.75. The van der Waals surface area contributed by atoms with Gasteiger partial charge in [-0.15, -0.1) is 5.11 Å². The van der Waals surface area contributed by atoms with E-state index in [2.05, 4.69) is 19.9 Å². The predicted octanol–water partition coefficient (Wildman–Crippen LogP) is 2.91. The zero-order chi connectivity index (χ0) is 19.4. The second kappa shape index (κ2) is 7.50. The molecule has 0 fully saturated rings. The molecule has 0 radical (unpaired) electrons. The van der Waals surface area contributed by atoms with E-state index in [0.717, 1.165) is 0 Å². The monoisotopic (exact) mass is 383 g/mol. The number of benzene rings is 1. The van der Waals surface area contributed by atoms with Gasteiger partial charge in [-0.25, -0.2) is 13.4 Å². The van der Waals surface area contributed by atoms with Crippen LogP contribution < -0.4 is 10.5 Å². The van der Waals surface area contributed by atoms with Crippen LogP contribution in [0.1, 0.15) is 6.92 Å². The lowest BCUT2D eigenvalue weighted by molar-refractivity contribution is -0.116. The molecule has 1 aliphatic carbocycles. The van der Waals surface area contributed by atoms with Crippen LogP contribution in [0.2, 0.25) is 0 Å². The molecule has 1 aromatic carbocycles. The van der Waals surface area contributed by atoms with Gasteiger partial charge < -0.3 is 5.73 Å². The molecule has 1 heterocycles. The second-order valence-electron chi connectivity index (χ2n) is 5.86. The zero-order valence-corrected chi connectivity index (χ0v) is 15.2. The van der Waals surface area contributed by atoms with E-state index >= 15 is 0 Å². The highest BCUT2D eigenvalue weighted by molar-refractivity contribution is 7.92. The lowest BCUT2D eigenvalue weighted by atomic mass is 9.98. The summed E-state index contributed by atoms with van der Waals surface area (Å²) in [5, 5.41) is 8.09. The van der Waals surface area contributed by atoms with E-state index in [-0.39, 0.29) is 28.1 Å². The number of sulfonamides is 1. The molecule has 138 valence electrons. The Morgan fingerprint density at radius 1 is 1.11 bits per heavy atom. The third-order valence-electron chi connectivity index (χ3n) is 3.77. The summed E-state index contributed by atoms with van der Waals surface area (Å²) in [5.41, 5.74) is 6.89. The van der Waals surface area contributed by atoms with Gasteiger partial charge in [-0.2, -0.15) is 5.11 Å². The summed E-state index contributed by atoms with van der Waals surface area (Å²) >= 11 is 0. The number of carbonyl (C=O) groups excluding carboxylic acids is 1. The summed E-state index contributed by atoms with van der Waals surface area (Å²) in [7, 11) is -3.75. The van der Waals surface area contributed by atoms with Crippen LogP contribution in [-0.4, -0.2) is 19.2 Å². The fourth-order valence-corrected chi connectivity index (χ4v) is 3.30. The van der Waals surface area contributed by atoms with Gasteiger partial charge in [0.25, 0.3) is 10.0 Å². The quantitative estimate of drug-likeness (QED) is 0.768. The average Bonchev–Trinajstić information content (AvgIpc) is 2.64. The molecule has 0 spiro atoms. The summed E-state index contributed by atoms with van der Waals surface area (Å²) in [6.07, 6.45) is 4.46. The van der Waals surface area contributed by atoms with Crippen molar-refractivity contribution in [2.45, 2.75) is 11.8 Å². The van der Waals surface area contributed by atoms with Gasteiger partial charge in [-0.05, 0) is 42.5 Å². The normalized spacial score (nSPS) is 17.5. The standard InChI is InChI=1S/C18H17N5O3S/c1-12-10-16(15(19)11-17(12)24)22-21-13-5-7-14(8-6-13)27(25,26)23-18-4-2-3-9-20-18/h2-12H,19H2,1H3,(H,20,23). The van der Waals surface area contributed by atoms with E-state index < -0.39 is 10.0 Å². The number of aromatic nitrogens is 1. The highest BCUT2D eigenvalue weighted by atomic mass is 32.2. The van der Waals surface area contributed by atoms with Crippen LogP contribution in [0.4, 0.5) is 11.5 Å². The number of allylic oxidation sites excluding steroid dienone is 2. The van der Waals surface area contributed by atoms with Crippen LogP contribution in [0.3, 0.4) is 0 Å². The molecule has 3 rings (SSSR count). The van der Waals surface area contributed by atoms with Crippen molar-refractivity contribution in [3.8, 4) is 0 Å². The minimum atomic E-state index is -3.75.